The van der Waals surface area contributed by atoms with E-state index in [9.17, 15) is 8.42 Å². The fourth-order valence-electron chi connectivity index (χ4n) is 2.46. The minimum absolute atomic E-state index is 0.145. The summed E-state index contributed by atoms with van der Waals surface area (Å²) in [5, 5.41) is 3.86. The number of hydrogen-bond donors (Lipinski definition) is 0. The number of rotatable bonds is 7. The van der Waals surface area contributed by atoms with Crippen molar-refractivity contribution >= 4 is 10.0 Å². The zero-order valence-corrected chi connectivity index (χ0v) is 14.9. The van der Waals surface area contributed by atoms with Gasteiger partial charge in [0.25, 0.3) is 5.89 Å². The molecule has 0 aliphatic carbocycles. The SMILES string of the molecule is CCCc1noc(COc2ccc(S(=O)(=O)N3CCOCC3)cc2)n1. The van der Waals surface area contributed by atoms with Gasteiger partial charge >= 0.3 is 0 Å². The Hall–Kier alpha value is -1.97. The fraction of sp³-hybridized carbons (Fsp3) is 0.500. The molecule has 8 nitrogen and oxygen atoms in total. The van der Waals surface area contributed by atoms with E-state index in [-0.39, 0.29) is 11.5 Å². The van der Waals surface area contributed by atoms with Crippen molar-refractivity contribution in [2.45, 2.75) is 31.3 Å². The molecule has 0 saturated carbocycles. The normalized spacial score (nSPS) is 16.0. The van der Waals surface area contributed by atoms with Crippen LogP contribution < -0.4 is 4.74 Å². The minimum Gasteiger partial charge on any atom is -0.484 e. The molecule has 1 fully saturated rings. The second kappa shape index (κ2) is 7.94. The van der Waals surface area contributed by atoms with E-state index in [0.717, 1.165) is 12.8 Å². The van der Waals surface area contributed by atoms with Gasteiger partial charge in [0.05, 0.1) is 18.1 Å². The van der Waals surface area contributed by atoms with Crippen LogP contribution in [0.25, 0.3) is 0 Å². The molecule has 2 aromatic rings. The van der Waals surface area contributed by atoms with Crippen LogP contribution in [0.15, 0.2) is 33.7 Å². The van der Waals surface area contributed by atoms with Crippen molar-refractivity contribution in [3.8, 4) is 5.75 Å². The molecule has 9 heteroatoms. The van der Waals surface area contributed by atoms with Crippen LogP contribution in [0.1, 0.15) is 25.1 Å². The van der Waals surface area contributed by atoms with Crippen LogP contribution in [-0.4, -0.2) is 49.2 Å². The molecule has 0 unspecified atom stereocenters. The summed E-state index contributed by atoms with van der Waals surface area (Å²) < 4.78 is 42.4. The number of nitrogens with zero attached hydrogens (tertiary/aromatic N) is 3. The van der Waals surface area contributed by atoms with Crippen LogP contribution in [0, 0.1) is 0 Å². The van der Waals surface area contributed by atoms with Crippen LogP contribution in [0.4, 0.5) is 0 Å². The summed E-state index contributed by atoms with van der Waals surface area (Å²) in [4.78, 5) is 4.46. The van der Waals surface area contributed by atoms with Gasteiger partial charge in [0.15, 0.2) is 12.4 Å². The largest absolute Gasteiger partial charge is 0.484 e. The molecule has 0 spiro atoms. The van der Waals surface area contributed by atoms with Gasteiger partial charge in [-0.05, 0) is 30.7 Å². The first-order valence-electron chi connectivity index (χ1n) is 8.22. The van der Waals surface area contributed by atoms with E-state index in [0.29, 0.717) is 43.8 Å². The van der Waals surface area contributed by atoms with Gasteiger partial charge < -0.3 is 14.0 Å². The standard InChI is InChI=1S/C16H21N3O5S/c1-2-3-15-17-16(24-18-15)12-23-13-4-6-14(7-5-13)25(20,21)19-8-10-22-11-9-19/h4-7H,2-3,8-12H2,1H3. The maximum Gasteiger partial charge on any atom is 0.264 e. The van der Waals surface area contributed by atoms with Crippen molar-refractivity contribution in [3.05, 3.63) is 36.0 Å². The van der Waals surface area contributed by atoms with E-state index >= 15 is 0 Å². The number of benzene rings is 1. The topological polar surface area (TPSA) is 94.8 Å². The Labute approximate surface area is 146 Å². The number of aryl methyl sites for hydroxylation is 1. The summed E-state index contributed by atoms with van der Waals surface area (Å²) in [6.07, 6.45) is 1.70. The van der Waals surface area contributed by atoms with Gasteiger partial charge in [-0.15, -0.1) is 0 Å². The maximum absolute atomic E-state index is 12.5. The van der Waals surface area contributed by atoms with Crippen molar-refractivity contribution in [2.24, 2.45) is 0 Å². The van der Waals surface area contributed by atoms with E-state index in [1.165, 1.54) is 16.4 Å². The van der Waals surface area contributed by atoms with Gasteiger partial charge in [-0.3, -0.25) is 0 Å². The lowest BCUT2D eigenvalue weighted by atomic mass is 10.3. The summed E-state index contributed by atoms with van der Waals surface area (Å²) in [5.74, 6) is 1.60. The molecular formula is C16H21N3O5S. The summed E-state index contributed by atoms with van der Waals surface area (Å²) in [6.45, 7) is 3.77. The van der Waals surface area contributed by atoms with E-state index in [1.807, 2.05) is 6.92 Å². The van der Waals surface area contributed by atoms with Crippen LogP contribution in [0.2, 0.25) is 0 Å². The van der Waals surface area contributed by atoms with E-state index in [2.05, 4.69) is 10.1 Å². The lowest BCUT2D eigenvalue weighted by Gasteiger charge is -2.26. The van der Waals surface area contributed by atoms with Gasteiger partial charge in [0, 0.05) is 19.5 Å². The molecule has 0 N–H and O–H groups in total. The van der Waals surface area contributed by atoms with Crippen molar-refractivity contribution in [2.75, 3.05) is 26.3 Å². The van der Waals surface area contributed by atoms with Crippen molar-refractivity contribution < 1.29 is 22.4 Å². The van der Waals surface area contributed by atoms with Crippen LogP contribution in [0.5, 0.6) is 5.75 Å². The first-order chi connectivity index (χ1) is 12.1. The molecule has 1 aliphatic heterocycles. The molecular weight excluding hydrogens is 346 g/mol. The molecule has 0 bridgehead atoms. The van der Waals surface area contributed by atoms with Gasteiger partial charge in [0.2, 0.25) is 10.0 Å². The third kappa shape index (κ3) is 4.36. The second-order valence-corrected chi connectivity index (χ2v) is 7.57. The molecule has 1 saturated heterocycles. The average Bonchev–Trinajstić information content (AvgIpc) is 3.09. The van der Waals surface area contributed by atoms with Gasteiger partial charge in [-0.25, -0.2) is 8.42 Å². The first kappa shape index (κ1) is 17.8. The molecule has 0 amide bonds. The number of hydrogen-bond acceptors (Lipinski definition) is 7. The van der Waals surface area contributed by atoms with Crippen molar-refractivity contribution in [1.82, 2.24) is 14.4 Å². The Kier molecular flexibility index (Phi) is 5.67. The summed E-state index contributed by atoms with van der Waals surface area (Å²) in [6, 6.07) is 6.32. The fourth-order valence-corrected chi connectivity index (χ4v) is 3.87. The summed E-state index contributed by atoms with van der Waals surface area (Å²) in [5.41, 5.74) is 0. The Bertz CT molecular complexity index is 782. The minimum atomic E-state index is -3.49. The van der Waals surface area contributed by atoms with Crippen LogP contribution >= 0.6 is 0 Å². The van der Waals surface area contributed by atoms with E-state index in [4.69, 9.17) is 14.0 Å². The highest BCUT2D eigenvalue weighted by atomic mass is 32.2. The zero-order valence-electron chi connectivity index (χ0n) is 14.1. The molecule has 25 heavy (non-hydrogen) atoms. The quantitative estimate of drug-likeness (QED) is 0.734. The van der Waals surface area contributed by atoms with Gasteiger partial charge in [-0.2, -0.15) is 9.29 Å². The highest BCUT2D eigenvalue weighted by Crippen LogP contribution is 2.21. The van der Waals surface area contributed by atoms with Crippen LogP contribution in [-0.2, 0) is 27.8 Å². The Morgan fingerprint density at radius 1 is 1.20 bits per heavy atom. The summed E-state index contributed by atoms with van der Waals surface area (Å²) >= 11 is 0. The molecule has 2 heterocycles. The predicted octanol–water partition coefficient (Wildman–Crippen LogP) is 1.62. The first-order valence-corrected chi connectivity index (χ1v) is 9.66. The Morgan fingerprint density at radius 3 is 2.60 bits per heavy atom. The number of ether oxygens (including phenoxy) is 2. The lowest BCUT2D eigenvalue weighted by molar-refractivity contribution is 0.0730. The molecule has 0 atom stereocenters. The van der Waals surface area contributed by atoms with Gasteiger partial charge in [-0.1, -0.05) is 12.1 Å². The highest BCUT2D eigenvalue weighted by Gasteiger charge is 2.26. The van der Waals surface area contributed by atoms with E-state index in [1.54, 1.807) is 12.1 Å². The molecule has 136 valence electrons. The monoisotopic (exact) mass is 367 g/mol. The average molecular weight is 367 g/mol. The molecule has 0 radical (unpaired) electrons. The Morgan fingerprint density at radius 2 is 1.92 bits per heavy atom. The molecule has 3 rings (SSSR count). The number of aromatic nitrogens is 2. The van der Waals surface area contributed by atoms with Crippen molar-refractivity contribution in [3.63, 3.8) is 0 Å². The third-order valence-electron chi connectivity index (χ3n) is 3.78. The summed E-state index contributed by atoms with van der Waals surface area (Å²) in [7, 11) is -3.49. The maximum atomic E-state index is 12.5. The smallest absolute Gasteiger partial charge is 0.264 e. The number of morpholine rings is 1. The second-order valence-electron chi connectivity index (χ2n) is 5.63. The molecule has 1 aromatic carbocycles. The predicted molar refractivity (Wildman–Crippen MR) is 88.6 cm³/mol. The van der Waals surface area contributed by atoms with Crippen molar-refractivity contribution in [1.29, 1.82) is 0 Å². The number of sulfonamides is 1. The van der Waals surface area contributed by atoms with Crippen LogP contribution in [0.3, 0.4) is 0 Å². The highest BCUT2D eigenvalue weighted by molar-refractivity contribution is 7.89. The third-order valence-corrected chi connectivity index (χ3v) is 5.69. The Balaban J connectivity index is 1.61. The zero-order chi connectivity index (χ0) is 17.7. The van der Waals surface area contributed by atoms with E-state index < -0.39 is 10.0 Å². The molecule has 1 aliphatic rings. The lowest BCUT2D eigenvalue weighted by Crippen LogP contribution is -2.40. The molecule has 1 aromatic heterocycles. The van der Waals surface area contributed by atoms with Gasteiger partial charge in [0.1, 0.15) is 5.75 Å².